The molecule has 24 heavy (non-hydrogen) atoms. The molecule has 5 heteroatoms. The number of hydrogen-bond donors (Lipinski definition) is 4. The van der Waals surface area contributed by atoms with Gasteiger partial charge in [0.2, 0.25) is 0 Å². The zero-order valence-corrected chi connectivity index (χ0v) is 17.2. The van der Waals surface area contributed by atoms with Gasteiger partial charge in [-0.3, -0.25) is 0 Å². The molecular weight excluding hydrogens is 298 g/mol. The summed E-state index contributed by atoms with van der Waals surface area (Å²) in [7, 11) is 0. The van der Waals surface area contributed by atoms with Crippen LogP contribution in [0.2, 0.25) is 0 Å². The standard InChI is InChI=1S/C19H44N5/c1-18(2,3)8-9-20-10-11-21-12-13-22-14-15-23-16-17-24(7)19(4,5)6/h20-23H,7-17H2,1-6H3/q+1. The molecule has 0 atom stereocenters. The molecule has 5 nitrogen and oxygen atoms in total. The lowest BCUT2D eigenvalue weighted by Gasteiger charge is -2.18. The first kappa shape index (κ1) is 23.5. The van der Waals surface area contributed by atoms with Gasteiger partial charge in [0.1, 0.15) is 6.72 Å². The summed E-state index contributed by atoms with van der Waals surface area (Å²) in [5, 5.41) is 13.8. The van der Waals surface area contributed by atoms with E-state index in [1.54, 1.807) is 0 Å². The van der Waals surface area contributed by atoms with E-state index in [1.165, 1.54) is 6.42 Å². The van der Waals surface area contributed by atoms with E-state index < -0.39 is 0 Å². The average Bonchev–Trinajstić information content (AvgIpc) is 2.45. The van der Waals surface area contributed by atoms with Crippen molar-refractivity contribution >= 4 is 6.72 Å². The second kappa shape index (κ2) is 12.8. The van der Waals surface area contributed by atoms with Gasteiger partial charge in [0, 0.05) is 39.3 Å². The van der Waals surface area contributed by atoms with Crippen molar-refractivity contribution in [2.75, 3.05) is 58.9 Å². The quantitative estimate of drug-likeness (QED) is 0.218. The zero-order chi connectivity index (χ0) is 18.5. The SMILES string of the molecule is C=[N+](CCNCCNCCNCCNCCC(C)(C)C)C(C)(C)C. The number of rotatable bonds is 14. The summed E-state index contributed by atoms with van der Waals surface area (Å²) < 4.78 is 2.13. The Morgan fingerprint density at radius 3 is 1.38 bits per heavy atom. The average molecular weight is 343 g/mol. The normalized spacial score (nSPS) is 12.6. The Bertz CT molecular complexity index is 315. The Balaban J connectivity index is 3.20. The Kier molecular flexibility index (Phi) is 12.6. The van der Waals surface area contributed by atoms with E-state index in [2.05, 4.69) is 74.1 Å². The fourth-order valence-corrected chi connectivity index (χ4v) is 2.04. The molecule has 0 rings (SSSR count). The second-order valence-electron chi connectivity index (χ2n) is 8.74. The molecule has 4 N–H and O–H groups in total. The van der Waals surface area contributed by atoms with Crippen LogP contribution in [0.1, 0.15) is 48.0 Å². The van der Waals surface area contributed by atoms with Crippen LogP contribution in [0.15, 0.2) is 0 Å². The van der Waals surface area contributed by atoms with E-state index in [0.717, 1.165) is 58.9 Å². The van der Waals surface area contributed by atoms with E-state index in [1.807, 2.05) is 0 Å². The topological polar surface area (TPSA) is 51.1 Å². The molecule has 0 saturated heterocycles. The smallest absolute Gasteiger partial charge is 0.155 e. The van der Waals surface area contributed by atoms with E-state index in [-0.39, 0.29) is 5.54 Å². The van der Waals surface area contributed by atoms with Crippen molar-refractivity contribution in [1.29, 1.82) is 0 Å². The molecule has 0 aromatic heterocycles. The van der Waals surface area contributed by atoms with Crippen LogP contribution in [0, 0.1) is 5.41 Å². The van der Waals surface area contributed by atoms with Gasteiger partial charge in [-0.2, -0.15) is 0 Å². The first-order chi connectivity index (χ1) is 11.1. The summed E-state index contributed by atoms with van der Waals surface area (Å²) in [4.78, 5) is 0. The molecule has 0 saturated carbocycles. The van der Waals surface area contributed by atoms with Crippen molar-refractivity contribution in [2.24, 2.45) is 5.41 Å². The van der Waals surface area contributed by atoms with Crippen LogP contribution < -0.4 is 21.3 Å². The van der Waals surface area contributed by atoms with Crippen LogP contribution in [0.3, 0.4) is 0 Å². The molecule has 0 bridgehead atoms. The Morgan fingerprint density at radius 2 is 1.00 bits per heavy atom. The Labute approximate surface area is 151 Å². The lowest BCUT2D eigenvalue weighted by atomic mass is 9.92. The molecule has 0 amide bonds. The van der Waals surface area contributed by atoms with Gasteiger partial charge in [0.15, 0.2) is 12.1 Å². The minimum Gasteiger partial charge on any atom is -0.315 e. The highest BCUT2D eigenvalue weighted by atomic mass is 15.1. The maximum Gasteiger partial charge on any atom is 0.155 e. The molecule has 0 aliphatic heterocycles. The Morgan fingerprint density at radius 1 is 0.625 bits per heavy atom. The van der Waals surface area contributed by atoms with Gasteiger partial charge in [-0.1, -0.05) is 20.8 Å². The van der Waals surface area contributed by atoms with Crippen molar-refractivity contribution in [3.8, 4) is 0 Å². The van der Waals surface area contributed by atoms with Gasteiger partial charge in [-0.15, -0.1) is 0 Å². The predicted molar refractivity (Wildman–Crippen MR) is 108 cm³/mol. The first-order valence-electron chi connectivity index (χ1n) is 9.54. The monoisotopic (exact) mass is 342 g/mol. The molecule has 0 unspecified atom stereocenters. The molecule has 0 heterocycles. The van der Waals surface area contributed by atoms with Gasteiger partial charge in [0.05, 0.1) is 6.54 Å². The van der Waals surface area contributed by atoms with Gasteiger partial charge >= 0.3 is 0 Å². The fourth-order valence-electron chi connectivity index (χ4n) is 2.04. The number of hydrogen-bond acceptors (Lipinski definition) is 4. The van der Waals surface area contributed by atoms with Crippen LogP contribution in [0.4, 0.5) is 0 Å². The van der Waals surface area contributed by atoms with Crippen molar-refractivity contribution in [3.05, 3.63) is 0 Å². The highest BCUT2D eigenvalue weighted by Crippen LogP contribution is 2.16. The lowest BCUT2D eigenvalue weighted by molar-refractivity contribution is -0.587. The molecule has 0 aliphatic rings. The van der Waals surface area contributed by atoms with Crippen LogP contribution in [-0.2, 0) is 0 Å². The van der Waals surface area contributed by atoms with Crippen LogP contribution in [0.5, 0.6) is 0 Å². The molecule has 0 fully saturated rings. The van der Waals surface area contributed by atoms with E-state index in [0.29, 0.717) is 5.41 Å². The molecular formula is C19H44N5+. The van der Waals surface area contributed by atoms with Gasteiger partial charge < -0.3 is 21.3 Å². The second-order valence-corrected chi connectivity index (χ2v) is 8.74. The third-order valence-corrected chi connectivity index (χ3v) is 3.99. The van der Waals surface area contributed by atoms with Crippen molar-refractivity contribution in [1.82, 2.24) is 21.3 Å². The maximum absolute atomic E-state index is 4.08. The van der Waals surface area contributed by atoms with Crippen LogP contribution >= 0.6 is 0 Å². The molecule has 144 valence electrons. The molecule has 0 radical (unpaired) electrons. The molecule has 0 aromatic carbocycles. The predicted octanol–water partition coefficient (Wildman–Crippen LogP) is 1.29. The maximum atomic E-state index is 4.08. The lowest BCUT2D eigenvalue weighted by Crippen LogP contribution is -2.39. The van der Waals surface area contributed by atoms with Gasteiger partial charge in [-0.25, -0.2) is 4.58 Å². The third-order valence-electron chi connectivity index (χ3n) is 3.99. The first-order valence-corrected chi connectivity index (χ1v) is 9.54. The highest BCUT2D eigenvalue weighted by molar-refractivity contribution is 5.15. The van der Waals surface area contributed by atoms with Crippen molar-refractivity contribution < 1.29 is 4.58 Å². The van der Waals surface area contributed by atoms with Crippen molar-refractivity contribution in [3.63, 3.8) is 0 Å². The van der Waals surface area contributed by atoms with Gasteiger partial charge in [-0.05, 0) is 39.2 Å². The summed E-state index contributed by atoms with van der Waals surface area (Å²) in [6, 6.07) is 0. The minimum absolute atomic E-state index is 0.146. The summed E-state index contributed by atoms with van der Waals surface area (Å²) in [6.07, 6.45) is 1.23. The van der Waals surface area contributed by atoms with Crippen molar-refractivity contribution in [2.45, 2.75) is 53.5 Å². The van der Waals surface area contributed by atoms with E-state index in [4.69, 9.17) is 0 Å². The summed E-state index contributed by atoms with van der Waals surface area (Å²) in [6.45, 7) is 26.7. The summed E-state index contributed by atoms with van der Waals surface area (Å²) in [5.41, 5.74) is 0.574. The summed E-state index contributed by atoms with van der Waals surface area (Å²) in [5.74, 6) is 0. The Hall–Kier alpha value is -0.490. The number of nitrogens with one attached hydrogen (secondary N) is 4. The van der Waals surface area contributed by atoms with Gasteiger partial charge in [0.25, 0.3) is 0 Å². The van der Waals surface area contributed by atoms with Crippen LogP contribution in [0.25, 0.3) is 0 Å². The third kappa shape index (κ3) is 16.4. The zero-order valence-electron chi connectivity index (χ0n) is 17.2. The minimum atomic E-state index is 0.146. The van der Waals surface area contributed by atoms with E-state index >= 15 is 0 Å². The van der Waals surface area contributed by atoms with E-state index in [9.17, 15) is 0 Å². The number of nitrogens with zero attached hydrogens (tertiary/aromatic N) is 1. The summed E-state index contributed by atoms with van der Waals surface area (Å²) >= 11 is 0. The molecule has 0 spiro atoms. The molecule has 0 aliphatic carbocycles. The highest BCUT2D eigenvalue weighted by Gasteiger charge is 2.20. The van der Waals surface area contributed by atoms with Crippen LogP contribution in [-0.4, -0.2) is 75.7 Å². The fraction of sp³-hybridized carbons (Fsp3) is 0.947. The largest absolute Gasteiger partial charge is 0.315 e. The molecule has 0 aromatic rings.